The van der Waals surface area contributed by atoms with Crippen LogP contribution in [0.25, 0.3) is 0 Å². The summed E-state index contributed by atoms with van der Waals surface area (Å²) >= 11 is 0. The molecule has 0 fully saturated rings. The summed E-state index contributed by atoms with van der Waals surface area (Å²) in [5.41, 5.74) is 0.925. The molecule has 4 heteroatoms. The number of H-pyrrole nitrogens is 1. The van der Waals surface area contributed by atoms with Crippen LogP contribution in [-0.4, -0.2) is 22.5 Å². The summed E-state index contributed by atoms with van der Waals surface area (Å²) in [6.07, 6.45) is 2.85. The molecule has 0 radical (unpaired) electrons. The van der Waals surface area contributed by atoms with Crippen molar-refractivity contribution >= 4 is 5.78 Å². The lowest BCUT2D eigenvalue weighted by Gasteiger charge is -2.03. The Bertz CT molecular complexity index is 409. The van der Waals surface area contributed by atoms with Crippen LogP contribution >= 0.6 is 0 Å². The number of carbonyl (C=O) groups excluding carboxylic acids is 1. The third kappa shape index (κ3) is 3.62. The number of aliphatic hydroxyl groups is 1. The smallest absolute Gasteiger partial charge is 0.248 e. The molecule has 1 rings (SSSR count). The van der Waals surface area contributed by atoms with E-state index in [4.69, 9.17) is 5.11 Å². The number of ketones is 1. The van der Waals surface area contributed by atoms with E-state index in [1.165, 1.54) is 6.07 Å². The van der Waals surface area contributed by atoms with Gasteiger partial charge in [0.1, 0.15) is 0 Å². The number of pyridine rings is 1. The zero-order valence-electron chi connectivity index (χ0n) is 9.45. The molecule has 4 nitrogen and oxygen atoms in total. The minimum atomic E-state index is -0.255. The molecule has 1 aromatic heterocycles. The minimum Gasteiger partial charge on any atom is -0.396 e. The Hall–Kier alpha value is -1.42. The summed E-state index contributed by atoms with van der Waals surface area (Å²) in [6.45, 7) is 1.88. The van der Waals surface area contributed by atoms with Gasteiger partial charge in [-0.25, -0.2) is 0 Å². The number of hydrogen-bond acceptors (Lipinski definition) is 3. The lowest BCUT2D eigenvalue weighted by atomic mass is 10.1. The Morgan fingerprint density at radius 1 is 1.44 bits per heavy atom. The molecule has 2 N–H and O–H groups in total. The van der Waals surface area contributed by atoms with Gasteiger partial charge in [-0.05, 0) is 18.9 Å². The number of aromatic amines is 1. The Morgan fingerprint density at radius 3 is 2.81 bits per heavy atom. The molecule has 0 saturated carbocycles. The highest BCUT2D eigenvalue weighted by Gasteiger charge is 2.07. The molecule has 0 aromatic carbocycles. The maximum Gasteiger partial charge on any atom is 0.248 e. The zero-order chi connectivity index (χ0) is 12.0. The van der Waals surface area contributed by atoms with Crippen molar-refractivity contribution in [2.75, 3.05) is 6.61 Å². The number of rotatable bonds is 6. The highest BCUT2D eigenvalue weighted by Crippen LogP contribution is 2.05. The molecule has 0 saturated heterocycles. The van der Waals surface area contributed by atoms with Crippen LogP contribution in [0.15, 0.2) is 16.9 Å². The van der Waals surface area contributed by atoms with Gasteiger partial charge in [0.25, 0.3) is 0 Å². The number of aliphatic hydroxyl groups excluding tert-OH is 1. The highest BCUT2D eigenvalue weighted by molar-refractivity contribution is 5.96. The average Bonchev–Trinajstić information content (AvgIpc) is 2.26. The Balaban J connectivity index is 2.89. The van der Waals surface area contributed by atoms with Crippen molar-refractivity contribution in [3.63, 3.8) is 0 Å². The lowest BCUT2D eigenvalue weighted by molar-refractivity contribution is 0.0956. The number of carbonyl (C=O) groups is 1. The van der Waals surface area contributed by atoms with E-state index in [0.717, 1.165) is 25.0 Å². The minimum absolute atomic E-state index is 0.0661. The SMILES string of the molecule is CCCCc1cc(C(=O)CCO)cc(=O)[nH]1. The highest BCUT2D eigenvalue weighted by atomic mass is 16.3. The van der Waals surface area contributed by atoms with E-state index in [-0.39, 0.29) is 24.4 Å². The van der Waals surface area contributed by atoms with Gasteiger partial charge in [0, 0.05) is 23.7 Å². The molecular formula is C12H17NO3. The van der Waals surface area contributed by atoms with Crippen LogP contribution in [0.5, 0.6) is 0 Å². The van der Waals surface area contributed by atoms with Gasteiger partial charge in [-0.1, -0.05) is 13.3 Å². The summed E-state index contributed by atoms with van der Waals surface area (Å²) < 4.78 is 0. The van der Waals surface area contributed by atoms with E-state index in [9.17, 15) is 9.59 Å². The largest absolute Gasteiger partial charge is 0.396 e. The maximum atomic E-state index is 11.5. The van der Waals surface area contributed by atoms with E-state index >= 15 is 0 Å². The predicted molar refractivity (Wildman–Crippen MR) is 61.7 cm³/mol. The summed E-state index contributed by atoms with van der Waals surface area (Å²) in [7, 11) is 0. The van der Waals surface area contributed by atoms with Crippen LogP contribution in [0.1, 0.15) is 42.2 Å². The summed E-state index contributed by atoms with van der Waals surface area (Å²) in [5.74, 6) is -0.189. The van der Waals surface area contributed by atoms with Gasteiger partial charge in [0.2, 0.25) is 5.56 Å². The van der Waals surface area contributed by atoms with E-state index in [0.29, 0.717) is 5.56 Å². The molecule has 0 amide bonds. The van der Waals surface area contributed by atoms with Gasteiger partial charge in [0.05, 0.1) is 6.61 Å². The molecule has 0 aliphatic carbocycles. The van der Waals surface area contributed by atoms with Gasteiger partial charge in [-0.3, -0.25) is 9.59 Å². The number of unbranched alkanes of at least 4 members (excludes halogenated alkanes) is 1. The van der Waals surface area contributed by atoms with Gasteiger partial charge < -0.3 is 10.1 Å². The molecule has 1 aromatic rings. The molecule has 88 valence electrons. The van der Waals surface area contributed by atoms with Gasteiger partial charge in [-0.15, -0.1) is 0 Å². The Labute approximate surface area is 94.3 Å². The number of aromatic nitrogens is 1. The third-order valence-corrected chi connectivity index (χ3v) is 2.36. The van der Waals surface area contributed by atoms with E-state index < -0.39 is 0 Å². The number of aryl methyl sites for hydroxylation is 1. The fourth-order valence-corrected chi connectivity index (χ4v) is 1.51. The molecule has 0 atom stereocenters. The first-order valence-corrected chi connectivity index (χ1v) is 5.54. The predicted octanol–water partition coefficient (Wildman–Crippen LogP) is 1.28. The quantitative estimate of drug-likeness (QED) is 0.714. The lowest BCUT2D eigenvalue weighted by Crippen LogP contribution is -2.13. The molecule has 1 heterocycles. The van der Waals surface area contributed by atoms with Crippen molar-refractivity contribution in [3.8, 4) is 0 Å². The van der Waals surface area contributed by atoms with Crippen LogP contribution in [-0.2, 0) is 6.42 Å². The Morgan fingerprint density at radius 2 is 2.19 bits per heavy atom. The van der Waals surface area contributed by atoms with Crippen molar-refractivity contribution in [1.29, 1.82) is 0 Å². The second kappa shape index (κ2) is 6.23. The van der Waals surface area contributed by atoms with Gasteiger partial charge >= 0.3 is 0 Å². The molecule has 0 bridgehead atoms. The fourth-order valence-electron chi connectivity index (χ4n) is 1.51. The topological polar surface area (TPSA) is 70.2 Å². The second-order valence-electron chi connectivity index (χ2n) is 3.76. The first-order chi connectivity index (χ1) is 7.67. The van der Waals surface area contributed by atoms with E-state index in [1.807, 2.05) is 0 Å². The van der Waals surface area contributed by atoms with Gasteiger partial charge in [-0.2, -0.15) is 0 Å². The molecular weight excluding hydrogens is 206 g/mol. The number of hydrogen-bond donors (Lipinski definition) is 2. The first-order valence-electron chi connectivity index (χ1n) is 5.54. The van der Waals surface area contributed by atoms with Crippen LogP contribution < -0.4 is 5.56 Å². The van der Waals surface area contributed by atoms with Crippen molar-refractivity contribution in [3.05, 3.63) is 33.7 Å². The number of Topliss-reactive ketones (excluding diaryl/α,β-unsaturated/α-hetero) is 1. The summed E-state index contributed by atoms with van der Waals surface area (Å²) in [5, 5.41) is 8.67. The van der Waals surface area contributed by atoms with Crippen LogP contribution in [0.3, 0.4) is 0 Å². The summed E-state index contributed by atoms with van der Waals surface area (Å²) in [4.78, 5) is 25.5. The molecule has 0 spiro atoms. The second-order valence-corrected chi connectivity index (χ2v) is 3.76. The maximum absolute atomic E-state index is 11.5. The average molecular weight is 223 g/mol. The summed E-state index contributed by atoms with van der Waals surface area (Å²) in [6, 6.07) is 2.99. The monoisotopic (exact) mass is 223 g/mol. The zero-order valence-corrected chi connectivity index (χ0v) is 9.45. The fraction of sp³-hybridized carbons (Fsp3) is 0.500. The third-order valence-electron chi connectivity index (χ3n) is 2.36. The Kier molecular flexibility index (Phi) is 4.92. The van der Waals surface area contributed by atoms with Crippen molar-refractivity contribution in [1.82, 2.24) is 4.98 Å². The van der Waals surface area contributed by atoms with Gasteiger partial charge in [0.15, 0.2) is 5.78 Å². The van der Waals surface area contributed by atoms with Crippen LogP contribution in [0, 0.1) is 0 Å². The van der Waals surface area contributed by atoms with Crippen molar-refractivity contribution in [2.45, 2.75) is 32.6 Å². The molecule has 16 heavy (non-hydrogen) atoms. The van der Waals surface area contributed by atoms with Crippen LogP contribution in [0.4, 0.5) is 0 Å². The molecule has 0 unspecified atom stereocenters. The standard InChI is InChI=1S/C12H17NO3/c1-2-3-4-10-7-9(8-12(16)13-10)11(15)5-6-14/h7-8,14H,2-6H2,1H3,(H,13,16). The first kappa shape index (κ1) is 12.6. The van der Waals surface area contributed by atoms with Crippen molar-refractivity contribution < 1.29 is 9.90 Å². The van der Waals surface area contributed by atoms with E-state index in [2.05, 4.69) is 11.9 Å². The molecule has 0 aliphatic heterocycles. The normalized spacial score (nSPS) is 10.4. The van der Waals surface area contributed by atoms with Crippen molar-refractivity contribution in [2.24, 2.45) is 0 Å². The van der Waals surface area contributed by atoms with E-state index in [1.54, 1.807) is 6.07 Å². The van der Waals surface area contributed by atoms with Crippen LogP contribution in [0.2, 0.25) is 0 Å². The number of nitrogens with one attached hydrogen (secondary N) is 1. The molecule has 0 aliphatic rings.